The molecule has 0 aliphatic rings. The van der Waals surface area contributed by atoms with Crippen LogP contribution in [0.3, 0.4) is 0 Å². The molecule has 0 aliphatic carbocycles. The number of carbonyl (C=O) groups excluding carboxylic acids is 3. The van der Waals surface area contributed by atoms with Crippen LogP contribution >= 0.6 is 0 Å². The van der Waals surface area contributed by atoms with Gasteiger partial charge in [0.2, 0.25) is 0 Å². The normalized spacial score (nSPS) is 11.4. The minimum absolute atomic E-state index is 0.536. The maximum absolute atomic E-state index is 10.9. The van der Waals surface area contributed by atoms with Gasteiger partial charge in [0.15, 0.2) is 0 Å². The summed E-state index contributed by atoms with van der Waals surface area (Å²) < 4.78 is 0. The Morgan fingerprint density at radius 2 is 1.38 bits per heavy atom. The molecular weight excluding hydrogens is 176 g/mol. The van der Waals surface area contributed by atoms with Gasteiger partial charge < -0.3 is 19.8 Å². The van der Waals surface area contributed by atoms with E-state index in [0.717, 1.165) is 6.92 Å². The molecule has 0 rings (SSSR count). The van der Waals surface area contributed by atoms with E-state index in [1.165, 1.54) is 13.8 Å². The highest BCUT2D eigenvalue weighted by Crippen LogP contribution is 2.27. The second kappa shape index (κ2) is 3.55. The first-order valence-electron chi connectivity index (χ1n) is 3.64. The molecular formula is C8H10O5-2. The van der Waals surface area contributed by atoms with Crippen LogP contribution in [0, 0.1) is 11.3 Å². The Bertz CT molecular complexity index is 239. The van der Waals surface area contributed by atoms with E-state index in [9.17, 15) is 24.6 Å². The van der Waals surface area contributed by atoms with Crippen molar-refractivity contribution in [2.24, 2.45) is 11.3 Å². The number of aliphatic carboxylic acids is 2. The van der Waals surface area contributed by atoms with E-state index < -0.39 is 29.1 Å². The van der Waals surface area contributed by atoms with Gasteiger partial charge in [0, 0.05) is 5.41 Å². The predicted octanol–water partition coefficient (Wildman–Crippen LogP) is -2.28. The van der Waals surface area contributed by atoms with Crippen molar-refractivity contribution in [3.05, 3.63) is 0 Å². The Morgan fingerprint density at radius 3 is 1.46 bits per heavy atom. The van der Waals surface area contributed by atoms with Gasteiger partial charge in [0.25, 0.3) is 0 Å². The monoisotopic (exact) mass is 186 g/mol. The van der Waals surface area contributed by atoms with Gasteiger partial charge in [-0.15, -0.1) is 0 Å². The number of carboxylic acids is 2. The van der Waals surface area contributed by atoms with Crippen LogP contribution < -0.4 is 10.2 Å². The number of ketones is 1. The Balaban J connectivity index is 5.06. The fraction of sp³-hybridized carbons (Fsp3) is 0.625. The molecule has 0 saturated heterocycles. The van der Waals surface area contributed by atoms with Gasteiger partial charge in [0.1, 0.15) is 5.78 Å². The van der Waals surface area contributed by atoms with E-state index >= 15 is 0 Å². The smallest absolute Gasteiger partial charge is 0.136 e. The van der Waals surface area contributed by atoms with E-state index in [1.807, 2.05) is 0 Å². The van der Waals surface area contributed by atoms with Gasteiger partial charge in [-0.1, -0.05) is 13.8 Å². The minimum atomic E-state index is -1.91. The third-order valence-electron chi connectivity index (χ3n) is 2.10. The summed E-state index contributed by atoms with van der Waals surface area (Å²) in [5.74, 6) is -6.06. The lowest BCUT2D eigenvalue weighted by molar-refractivity contribution is -0.335. The summed E-state index contributed by atoms with van der Waals surface area (Å²) in [4.78, 5) is 31.7. The first kappa shape index (κ1) is 11.6. The summed E-state index contributed by atoms with van der Waals surface area (Å²) in [6.45, 7) is 3.58. The molecule has 0 unspecified atom stereocenters. The SMILES string of the molecule is CC(=O)C(C)(C)C(C(=O)[O-])C(=O)[O-]. The zero-order valence-electron chi connectivity index (χ0n) is 7.62. The molecule has 0 aromatic heterocycles. The predicted molar refractivity (Wildman–Crippen MR) is 38.0 cm³/mol. The van der Waals surface area contributed by atoms with Crippen molar-refractivity contribution in [2.45, 2.75) is 20.8 Å². The number of carboxylic acid groups (broad SMARTS) is 2. The molecule has 0 radical (unpaired) electrons. The van der Waals surface area contributed by atoms with Crippen molar-refractivity contribution >= 4 is 17.7 Å². The molecule has 0 amide bonds. The first-order chi connectivity index (χ1) is 5.71. The molecule has 5 nitrogen and oxygen atoms in total. The molecule has 0 aromatic carbocycles. The fourth-order valence-corrected chi connectivity index (χ4v) is 0.889. The second-order valence-electron chi connectivity index (χ2n) is 3.35. The molecule has 13 heavy (non-hydrogen) atoms. The van der Waals surface area contributed by atoms with E-state index in [4.69, 9.17) is 0 Å². The lowest BCUT2D eigenvalue weighted by Crippen LogP contribution is -2.52. The fourth-order valence-electron chi connectivity index (χ4n) is 0.889. The van der Waals surface area contributed by atoms with Crippen molar-refractivity contribution in [3.63, 3.8) is 0 Å². The van der Waals surface area contributed by atoms with E-state index in [-0.39, 0.29) is 0 Å². The van der Waals surface area contributed by atoms with Crippen molar-refractivity contribution in [1.29, 1.82) is 0 Å². The Labute approximate surface area is 75.4 Å². The average molecular weight is 186 g/mol. The van der Waals surface area contributed by atoms with Crippen molar-refractivity contribution in [2.75, 3.05) is 0 Å². The molecule has 74 valence electrons. The summed E-state index contributed by atoms with van der Waals surface area (Å²) in [7, 11) is 0. The zero-order chi connectivity index (χ0) is 10.8. The molecule has 0 aromatic rings. The largest absolute Gasteiger partial charge is 0.549 e. The molecule has 0 bridgehead atoms. The molecule has 0 fully saturated rings. The topological polar surface area (TPSA) is 97.3 Å². The van der Waals surface area contributed by atoms with Crippen LogP contribution in [0.1, 0.15) is 20.8 Å². The summed E-state index contributed by atoms with van der Waals surface area (Å²) in [5, 5.41) is 20.8. The highest BCUT2D eigenvalue weighted by Gasteiger charge is 2.35. The molecule has 0 spiro atoms. The molecule has 0 saturated carbocycles. The molecule has 0 aliphatic heterocycles. The lowest BCUT2D eigenvalue weighted by Gasteiger charge is -2.33. The number of Topliss-reactive ketones (excluding diaryl/α,β-unsaturated/α-hetero) is 1. The number of hydrogen-bond acceptors (Lipinski definition) is 5. The zero-order valence-corrected chi connectivity index (χ0v) is 7.62. The third kappa shape index (κ3) is 2.27. The van der Waals surface area contributed by atoms with Gasteiger partial charge in [-0.2, -0.15) is 0 Å². The molecule has 0 heterocycles. The van der Waals surface area contributed by atoms with Crippen LogP contribution in [0.2, 0.25) is 0 Å². The quantitative estimate of drug-likeness (QED) is 0.460. The number of hydrogen-bond donors (Lipinski definition) is 0. The van der Waals surface area contributed by atoms with Crippen LogP contribution in [0.4, 0.5) is 0 Å². The summed E-state index contributed by atoms with van der Waals surface area (Å²) >= 11 is 0. The molecule has 0 atom stereocenters. The number of rotatable bonds is 4. The summed E-state index contributed by atoms with van der Waals surface area (Å²) in [6, 6.07) is 0. The van der Waals surface area contributed by atoms with Gasteiger partial charge >= 0.3 is 0 Å². The third-order valence-corrected chi connectivity index (χ3v) is 2.10. The Morgan fingerprint density at radius 1 is 1.08 bits per heavy atom. The van der Waals surface area contributed by atoms with Crippen LogP contribution in [0.5, 0.6) is 0 Å². The van der Waals surface area contributed by atoms with Crippen LogP contribution in [-0.2, 0) is 14.4 Å². The maximum atomic E-state index is 10.9. The number of carbonyl (C=O) groups is 3. The van der Waals surface area contributed by atoms with E-state index in [1.54, 1.807) is 0 Å². The highest BCUT2D eigenvalue weighted by molar-refractivity contribution is 5.98. The molecule has 5 heteroatoms. The lowest BCUT2D eigenvalue weighted by atomic mass is 9.76. The Hall–Kier alpha value is -1.39. The molecule has 0 N–H and O–H groups in total. The highest BCUT2D eigenvalue weighted by atomic mass is 16.4. The van der Waals surface area contributed by atoms with Crippen LogP contribution in [0.15, 0.2) is 0 Å². The standard InChI is InChI=1S/C8H12O5/c1-4(9)8(2,3)5(6(10)11)7(12)13/h5H,1-3H3,(H,10,11)(H,12,13)/p-2. The van der Waals surface area contributed by atoms with Crippen molar-refractivity contribution in [3.8, 4) is 0 Å². The van der Waals surface area contributed by atoms with Gasteiger partial charge in [-0.3, -0.25) is 4.79 Å². The first-order valence-corrected chi connectivity index (χ1v) is 3.64. The summed E-state index contributed by atoms with van der Waals surface area (Å²) in [5.41, 5.74) is -1.50. The van der Waals surface area contributed by atoms with Crippen LogP contribution in [0.25, 0.3) is 0 Å². The van der Waals surface area contributed by atoms with Gasteiger partial charge in [-0.05, 0) is 6.92 Å². The average Bonchev–Trinajstić information content (AvgIpc) is 1.82. The van der Waals surface area contributed by atoms with E-state index in [0.29, 0.717) is 0 Å². The van der Waals surface area contributed by atoms with Gasteiger partial charge in [-0.25, -0.2) is 0 Å². The maximum Gasteiger partial charge on any atom is 0.136 e. The van der Waals surface area contributed by atoms with Crippen molar-refractivity contribution < 1.29 is 24.6 Å². The summed E-state index contributed by atoms with van der Waals surface area (Å²) in [6.07, 6.45) is 0. The van der Waals surface area contributed by atoms with Crippen molar-refractivity contribution in [1.82, 2.24) is 0 Å². The minimum Gasteiger partial charge on any atom is -0.549 e. The second-order valence-corrected chi connectivity index (χ2v) is 3.35. The van der Waals surface area contributed by atoms with Crippen LogP contribution in [-0.4, -0.2) is 17.7 Å². The van der Waals surface area contributed by atoms with E-state index in [2.05, 4.69) is 0 Å². The Kier molecular flexibility index (Phi) is 3.17. The van der Waals surface area contributed by atoms with Gasteiger partial charge in [0.05, 0.1) is 17.9 Å².